The second kappa shape index (κ2) is 4.44. The third-order valence-corrected chi connectivity index (χ3v) is 2.43. The molecule has 0 radical (unpaired) electrons. The maximum absolute atomic E-state index is 11.6. The molecule has 2 heterocycles. The van der Waals surface area contributed by atoms with E-state index in [-0.39, 0.29) is 11.9 Å². The maximum Gasteiger partial charge on any atom is 0.246 e. The average Bonchev–Trinajstić information content (AvgIpc) is 2.75. The Balaban J connectivity index is 2.22. The third kappa shape index (κ3) is 1.96. The number of hydrogen-bond acceptors (Lipinski definition) is 5. The lowest BCUT2D eigenvalue weighted by Gasteiger charge is -2.32. The highest BCUT2D eigenvalue weighted by atomic mass is 16.5. The largest absolute Gasteiger partial charge is 0.377 e. The van der Waals surface area contributed by atoms with Gasteiger partial charge in [0.2, 0.25) is 11.8 Å². The van der Waals surface area contributed by atoms with E-state index in [1.807, 2.05) is 0 Å². The molecule has 1 unspecified atom stereocenters. The number of aryl methyl sites for hydroxylation is 1. The molecule has 1 aliphatic rings. The molecule has 1 atom stereocenters. The zero-order valence-electron chi connectivity index (χ0n) is 9.05. The zero-order valence-corrected chi connectivity index (χ0v) is 9.05. The number of nitrogens with zero attached hydrogens (tertiary/aromatic N) is 3. The fourth-order valence-corrected chi connectivity index (χ4v) is 1.65. The van der Waals surface area contributed by atoms with Crippen molar-refractivity contribution >= 4 is 5.91 Å². The van der Waals surface area contributed by atoms with Crippen LogP contribution < -0.4 is 0 Å². The highest BCUT2D eigenvalue weighted by Crippen LogP contribution is 2.21. The van der Waals surface area contributed by atoms with Crippen LogP contribution in [0.4, 0.5) is 0 Å². The average molecular weight is 223 g/mol. The summed E-state index contributed by atoms with van der Waals surface area (Å²) >= 11 is 0. The molecule has 0 aromatic carbocycles. The summed E-state index contributed by atoms with van der Waals surface area (Å²) in [6.45, 7) is 6.61. The molecule has 1 aromatic heterocycles. The summed E-state index contributed by atoms with van der Waals surface area (Å²) in [5.41, 5.74) is 0. The van der Waals surface area contributed by atoms with Gasteiger partial charge in [-0.1, -0.05) is 11.7 Å². The fraction of sp³-hybridized carbons (Fsp3) is 0.500. The fourth-order valence-electron chi connectivity index (χ4n) is 1.65. The first kappa shape index (κ1) is 10.8. The minimum Gasteiger partial charge on any atom is -0.377 e. The zero-order chi connectivity index (χ0) is 11.5. The van der Waals surface area contributed by atoms with E-state index in [1.165, 1.54) is 6.08 Å². The van der Waals surface area contributed by atoms with Crippen molar-refractivity contribution in [2.45, 2.75) is 13.0 Å². The Hall–Kier alpha value is -1.69. The Morgan fingerprint density at radius 2 is 2.50 bits per heavy atom. The Morgan fingerprint density at radius 1 is 1.69 bits per heavy atom. The summed E-state index contributed by atoms with van der Waals surface area (Å²) in [5, 5.41) is 3.81. The number of amides is 1. The number of ether oxygens (including phenoxy) is 1. The van der Waals surface area contributed by atoms with Crippen LogP contribution in [0.1, 0.15) is 17.8 Å². The van der Waals surface area contributed by atoms with Crippen LogP contribution in [-0.2, 0) is 9.53 Å². The number of hydrogen-bond donors (Lipinski definition) is 0. The minimum absolute atomic E-state index is 0.143. The number of carbonyl (C=O) groups excluding carboxylic acids is 1. The van der Waals surface area contributed by atoms with Gasteiger partial charge < -0.3 is 14.2 Å². The number of aromatic nitrogens is 2. The van der Waals surface area contributed by atoms with E-state index in [0.717, 1.165) is 0 Å². The Morgan fingerprint density at radius 3 is 3.12 bits per heavy atom. The summed E-state index contributed by atoms with van der Waals surface area (Å²) < 4.78 is 10.2. The summed E-state index contributed by atoms with van der Waals surface area (Å²) in [4.78, 5) is 17.4. The van der Waals surface area contributed by atoms with Crippen molar-refractivity contribution in [3.8, 4) is 0 Å². The lowest BCUT2D eigenvalue weighted by atomic mass is 10.2. The summed E-state index contributed by atoms with van der Waals surface area (Å²) in [5.74, 6) is 0.815. The van der Waals surface area contributed by atoms with E-state index >= 15 is 0 Å². The lowest BCUT2D eigenvalue weighted by Crippen LogP contribution is -2.43. The van der Waals surface area contributed by atoms with Crippen LogP contribution in [0.3, 0.4) is 0 Å². The molecule has 1 aromatic rings. The highest BCUT2D eigenvalue weighted by Gasteiger charge is 2.30. The van der Waals surface area contributed by atoms with E-state index in [1.54, 1.807) is 11.8 Å². The van der Waals surface area contributed by atoms with Gasteiger partial charge in [-0.2, -0.15) is 4.98 Å². The van der Waals surface area contributed by atoms with Crippen LogP contribution in [0.15, 0.2) is 17.2 Å². The number of carbonyl (C=O) groups is 1. The monoisotopic (exact) mass is 223 g/mol. The summed E-state index contributed by atoms with van der Waals surface area (Å²) in [7, 11) is 0. The molecule has 1 amide bonds. The van der Waals surface area contributed by atoms with Crippen LogP contribution in [0.2, 0.25) is 0 Å². The molecule has 0 saturated carbocycles. The molecule has 1 saturated heterocycles. The van der Waals surface area contributed by atoms with E-state index in [9.17, 15) is 4.79 Å². The van der Waals surface area contributed by atoms with Gasteiger partial charge >= 0.3 is 0 Å². The first-order chi connectivity index (χ1) is 7.72. The van der Waals surface area contributed by atoms with Gasteiger partial charge in [0, 0.05) is 13.5 Å². The van der Waals surface area contributed by atoms with Gasteiger partial charge in [0.15, 0.2) is 5.82 Å². The molecule has 0 aliphatic carbocycles. The van der Waals surface area contributed by atoms with Crippen LogP contribution in [-0.4, -0.2) is 40.7 Å². The van der Waals surface area contributed by atoms with E-state index in [0.29, 0.717) is 31.5 Å². The molecule has 1 fully saturated rings. The van der Waals surface area contributed by atoms with Crippen molar-refractivity contribution in [3.63, 3.8) is 0 Å². The smallest absolute Gasteiger partial charge is 0.246 e. The summed E-state index contributed by atoms with van der Waals surface area (Å²) in [6.07, 6.45) is 1.28. The third-order valence-electron chi connectivity index (χ3n) is 2.43. The van der Waals surface area contributed by atoms with Gasteiger partial charge in [-0.05, 0) is 6.08 Å². The molecular weight excluding hydrogens is 210 g/mol. The van der Waals surface area contributed by atoms with Crippen LogP contribution in [0.5, 0.6) is 0 Å². The topological polar surface area (TPSA) is 68.5 Å². The molecule has 16 heavy (non-hydrogen) atoms. The minimum atomic E-state index is -0.281. The lowest BCUT2D eigenvalue weighted by molar-refractivity contribution is -0.135. The Labute approximate surface area is 92.9 Å². The standard InChI is InChI=1S/C10H13N3O3/c1-3-9(14)13-4-5-15-6-8(13)10-11-7(2)16-12-10/h3,8H,1,4-6H2,2H3. The first-order valence-electron chi connectivity index (χ1n) is 5.03. The van der Waals surface area contributed by atoms with Gasteiger partial charge in [0.1, 0.15) is 6.04 Å². The molecule has 86 valence electrons. The van der Waals surface area contributed by atoms with Crippen molar-refractivity contribution in [1.82, 2.24) is 15.0 Å². The second-order valence-corrected chi connectivity index (χ2v) is 3.50. The van der Waals surface area contributed by atoms with Crippen molar-refractivity contribution in [2.75, 3.05) is 19.8 Å². The first-order valence-corrected chi connectivity index (χ1v) is 5.03. The predicted molar refractivity (Wildman–Crippen MR) is 54.5 cm³/mol. The van der Waals surface area contributed by atoms with Crippen molar-refractivity contribution in [1.29, 1.82) is 0 Å². The Kier molecular flexibility index (Phi) is 3.00. The van der Waals surface area contributed by atoms with Crippen LogP contribution in [0.25, 0.3) is 0 Å². The normalized spacial score (nSPS) is 20.8. The highest BCUT2D eigenvalue weighted by molar-refractivity contribution is 5.87. The van der Waals surface area contributed by atoms with Crippen LogP contribution in [0, 0.1) is 6.92 Å². The van der Waals surface area contributed by atoms with Gasteiger partial charge in [0.05, 0.1) is 13.2 Å². The molecule has 0 spiro atoms. The molecule has 0 bridgehead atoms. The van der Waals surface area contributed by atoms with Gasteiger partial charge in [-0.3, -0.25) is 4.79 Å². The second-order valence-electron chi connectivity index (χ2n) is 3.50. The molecule has 1 aliphatic heterocycles. The Bertz CT molecular complexity index is 402. The van der Waals surface area contributed by atoms with E-state index in [4.69, 9.17) is 9.26 Å². The van der Waals surface area contributed by atoms with Crippen molar-refractivity contribution < 1.29 is 14.1 Å². The predicted octanol–water partition coefficient (Wildman–Crippen LogP) is 0.464. The summed E-state index contributed by atoms with van der Waals surface area (Å²) in [6, 6.07) is -0.281. The van der Waals surface area contributed by atoms with Gasteiger partial charge in [0.25, 0.3) is 0 Å². The molecule has 6 heteroatoms. The quantitative estimate of drug-likeness (QED) is 0.681. The maximum atomic E-state index is 11.6. The van der Waals surface area contributed by atoms with Gasteiger partial charge in [-0.25, -0.2) is 0 Å². The van der Waals surface area contributed by atoms with Crippen LogP contribution >= 0.6 is 0 Å². The van der Waals surface area contributed by atoms with E-state index < -0.39 is 0 Å². The molecular formula is C10H13N3O3. The van der Waals surface area contributed by atoms with Crippen molar-refractivity contribution in [2.24, 2.45) is 0 Å². The number of rotatable bonds is 2. The molecule has 0 N–H and O–H groups in total. The van der Waals surface area contributed by atoms with E-state index in [2.05, 4.69) is 16.7 Å². The SMILES string of the molecule is C=CC(=O)N1CCOCC1c1noc(C)n1. The molecule has 6 nitrogen and oxygen atoms in total. The molecule has 2 rings (SSSR count). The van der Waals surface area contributed by atoms with Crippen molar-refractivity contribution in [3.05, 3.63) is 24.4 Å². The van der Waals surface area contributed by atoms with Gasteiger partial charge in [-0.15, -0.1) is 0 Å². The number of morpholine rings is 1.